The summed E-state index contributed by atoms with van der Waals surface area (Å²) in [6.07, 6.45) is -5.70. The molecule has 2 aliphatic heterocycles. The van der Waals surface area contributed by atoms with Gasteiger partial charge in [-0.25, -0.2) is 4.98 Å². The van der Waals surface area contributed by atoms with E-state index in [1.165, 1.54) is 21.9 Å². The molecule has 338 valence electrons. The van der Waals surface area contributed by atoms with Gasteiger partial charge in [-0.05, 0) is 92.0 Å². The number of benzene rings is 3. The molecule has 0 saturated carbocycles. The van der Waals surface area contributed by atoms with E-state index in [0.717, 1.165) is 38.7 Å². The Labute approximate surface area is 378 Å². The van der Waals surface area contributed by atoms with E-state index in [2.05, 4.69) is 15.6 Å². The number of β-amino-alcohol motifs (C(OH)–C–C–N with tert-alkyl or cyclic N) is 1. The van der Waals surface area contributed by atoms with Crippen LogP contribution in [0.25, 0.3) is 10.4 Å². The fourth-order valence-electron chi connectivity index (χ4n) is 7.52. The smallest absolute Gasteiger partial charge is 0.417 e. The molecule has 64 heavy (non-hydrogen) atoms. The molecular weight excluding hydrogens is 872 g/mol. The lowest BCUT2D eigenvalue weighted by atomic mass is 9.85. The molecule has 2 fully saturated rings. The van der Waals surface area contributed by atoms with Gasteiger partial charge in [-0.2, -0.15) is 18.4 Å². The highest BCUT2D eigenvalue weighted by Crippen LogP contribution is 2.40. The third-order valence-corrected chi connectivity index (χ3v) is 12.2. The number of carbonyl (C=O) groups excluding carboxylic acids is 4. The van der Waals surface area contributed by atoms with Crippen molar-refractivity contribution < 1.29 is 46.9 Å². The number of carbonyl (C=O) groups is 4. The van der Waals surface area contributed by atoms with E-state index in [9.17, 15) is 42.7 Å². The van der Waals surface area contributed by atoms with Gasteiger partial charge in [0.05, 0.1) is 51.7 Å². The molecule has 3 atom stereocenters. The quantitative estimate of drug-likeness (QED) is 0.0980. The van der Waals surface area contributed by atoms with Crippen molar-refractivity contribution in [2.45, 2.75) is 84.4 Å². The third-order valence-electron chi connectivity index (χ3n) is 10.9. The number of halogens is 3. The molecular formula is C45H48F3N7O7S2. The minimum atomic E-state index is -4.83. The Kier molecular flexibility index (Phi) is 14.1. The number of hydrogen-bond donors (Lipinski definition) is 3. The molecule has 14 nitrogen and oxygen atoms in total. The Bertz CT molecular complexity index is 2450. The number of thiocarbonyl (C=S) groups is 1. The van der Waals surface area contributed by atoms with Gasteiger partial charge < -0.3 is 35.0 Å². The predicted molar refractivity (Wildman–Crippen MR) is 237 cm³/mol. The van der Waals surface area contributed by atoms with Crippen LogP contribution in [0.5, 0.6) is 5.75 Å². The lowest BCUT2D eigenvalue weighted by molar-refractivity contribution is -0.144. The number of rotatable bonds is 14. The predicted octanol–water partition coefficient (Wildman–Crippen LogP) is 6.13. The van der Waals surface area contributed by atoms with Crippen molar-refractivity contribution in [3.05, 3.63) is 94.6 Å². The molecule has 6 rings (SSSR count). The number of aliphatic hydroxyl groups is 1. The van der Waals surface area contributed by atoms with Gasteiger partial charge in [0.15, 0.2) is 5.11 Å². The summed E-state index contributed by atoms with van der Waals surface area (Å²) in [7, 11) is 0. The molecule has 2 aliphatic rings. The Hall–Kier alpha value is -5.94. The summed E-state index contributed by atoms with van der Waals surface area (Å²) in [5.41, 5.74) is 1.15. The van der Waals surface area contributed by atoms with Gasteiger partial charge in [0.2, 0.25) is 17.7 Å². The zero-order valence-electron chi connectivity index (χ0n) is 36.0. The molecule has 0 aliphatic carbocycles. The van der Waals surface area contributed by atoms with E-state index >= 15 is 0 Å². The first kappa shape index (κ1) is 47.5. The average Bonchev–Trinajstić information content (AvgIpc) is 3.90. The monoisotopic (exact) mass is 919 g/mol. The van der Waals surface area contributed by atoms with E-state index in [-0.39, 0.29) is 43.5 Å². The molecule has 3 heterocycles. The largest absolute Gasteiger partial charge is 0.491 e. The molecule has 19 heteroatoms. The lowest BCUT2D eigenvalue weighted by Crippen LogP contribution is -2.58. The van der Waals surface area contributed by atoms with Crippen molar-refractivity contribution in [1.82, 2.24) is 20.5 Å². The van der Waals surface area contributed by atoms with Crippen LogP contribution in [0, 0.1) is 23.7 Å². The van der Waals surface area contributed by atoms with Gasteiger partial charge in [-0.15, -0.1) is 11.3 Å². The zero-order valence-corrected chi connectivity index (χ0v) is 37.6. The highest BCUT2D eigenvalue weighted by atomic mass is 32.1. The molecule has 1 aromatic heterocycles. The van der Waals surface area contributed by atoms with Crippen LogP contribution in [0.2, 0.25) is 0 Å². The summed E-state index contributed by atoms with van der Waals surface area (Å²) >= 11 is 7.16. The van der Waals surface area contributed by atoms with E-state index in [1.807, 2.05) is 31.2 Å². The van der Waals surface area contributed by atoms with Gasteiger partial charge in [-0.1, -0.05) is 45.0 Å². The van der Waals surface area contributed by atoms with Crippen LogP contribution in [0.1, 0.15) is 63.4 Å². The average molecular weight is 920 g/mol. The molecule has 4 aromatic rings. The SMILES string of the molecule is Cc1ncsc1-c1ccc(CNC(=O)[C@@H]2C[C@@H](O)CN2C(=O)C(NC(=O)COCCOc2ccc(N3C(=S)N(c4ccc(C#N)c(C(F)(F)F)c4)C(=O)C3(C)C)cc2)C(C)(C)C)cc1. The van der Waals surface area contributed by atoms with E-state index in [0.29, 0.717) is 11.4 Å². The highest BCUT2D eigenvalue weighted by molar-refractivity contribution is 7.81. The number of anilines is 2. The Morgan fingerprint density at radius 3 is 2.33 bits per heavy atom. The van der Waals surface area contributed by atoms with E-state index in [4.69, 9.17) is 21.7 Å². The minimum Gasteiger partial charge on any atom is -0.491 e. The van der Waals surface area contributed by atoms with Gasteiger partial charge in [-0.3, -0.25) is 24.1 Å². The molecule has 1 unspecified atom stereocenters. The fraction of sp³-hybridized carbons (Fsp3) is 0.400. The van der Waals surface area contributed by atoms with Crippen molar-refractivity contribution in [1.29, 1.82) is 5.26 Å². The number of alkyl halides is 3. The number of hydrogen-bond acceptors (Lipinski definition) is 11. The maximum atomic E-state index is 14.0. The van der Waals surface area contributed by atoms with E-state index in [1.54, 1.807) is 75.7 Å². The summed E-state index contributed by atoms with van der Waals surface area (Å²) < 4.78 is 52.5. The van der Waals surface area contributed by atoms with Gasteiger partial charge in [0.25, 0.3) is 5.91 Å². The number of ether oxygens (including phenoxy) is 2. The van der Waals surface area contributed by atoms with E-state index < -0.39 is 76.7 Å². The van der Waals surface area contributed by atoms with Crippen molar-refractivity contribution >= 4 is 63.7 Å². The van der Waals surface area contributed by atoms with Gasteiger partial charge in [0.1, 0.15) is 36.6 Å². The van der Waals surface area contributed by atoms with Crippen LogP contribution in [-0.2, 0) is 36.6 Å². The zero-order chi connectivity index (χ0) is 46.7. The molecule has 3 N–H and O–H groups in total. The molecule has 4 amide bonds. The van der Waals surface area contributed by atoms with Crippen LogP contribution >= 0.6 is 23.6 Å². The second-order valence-corrected chi connectivity index (χ2v) is 18.2. The number of aliphatic hydroxyl groups excluding tert-OH is 1. The lowest BCUT2D eigenvalue weighted by Gasteiger charge is -2.35. The number of nitriles is 1. The minimum absolute atomic E-state index is 0.00527. The molecule has 3 aromatic carbocycles. The number of aromatic nitrogens is 1. The number of nitrogens with one attached hydrogen (secondary N) is 2. The molecule has 0 bridgehead atoms. The fourth-order valence-corrected chi connectivity index (χ4v) is 8.85. The Morgan fingerprint density at radius 1 is 1.05 bits per heavy atom. The van der Waals surface area contributed by atoms with Crippen LogP contribution in [0.4, 0.5) is 24.5 Å². The van der Waals surface area contributed by atoms with Crippen LogP contribution in [-0.4, -0.2) is 93.8 Å². The van der Waals surface area contributed by atoms with Gasteiger partial charge >= 0.3 is 6.18 Å². The normalized spacial score (nSPS) is 17.9. The standard InChI is InChI=1S/C45H48F3N7O7S2/c1-26-37(64-25-51-26)28-9-7-27(8-10-28)22-50-39(58)35-20-32(56)23-53(35)40(59)38(43(2,3)4)52-36(57)24-61-17-18-62-33-15-13-30(14-16-33)55-42(63)54(41(60)44(55,5)6)31-12-11-29(21-49)34(19-31)45(46,47)48/h7-16,19,25,32,35,38,56H,17-18,20,22-24H2,1-6H3,(H,50,58)(H,52,57)/t32-,35+,38?/m1/s1. The van der Waals surface area contributed by atoms with Crippen LogP contribution in [0.3, 0.4) is 0 Å². The maximum Gasteiger partial charge on any atom is 0.417 e. The topological polar surface area (TPSA) is 177 Å². The Balaban J connectivity index is 0.989. The first-order valence-electron chi connectivity index (χ1n) is 20.3. The van der Waals surface area contributed by atoms with Crippen LogP contribution < -0.4 is 25.2 Å². The summed E-state index contributed by atoms with van der Waals surface area (Å²) in [6, 6.07) is 16.8. The summed E-state index contributed by atoms with van der Waals surface area (Å²) in [5.74, 6) is -1.64. The maximum absolute atomic E-state index is 14.0. The van der Waals surface area contributed by atoms with Crippen molar-refractivity contribution in [2.24, 2.45) is 5.41 Å². The van der Waals surface area contributed by atoms with Gasteiger partial charge in [0, 0.05) is 25.2 Å². The molecule has 2 saturated heterocycles. The first-order chi connectivity index (χ1) is 30.1. The van der Waals surface area contributed by atoms with Crippen LogP contribution in [0.15, 0.2) is 72.2 Å². The number of likely N-dealkylation sites (tertiary alicyclic amines) is 1. The third kappa shape index (κ3) is 10.4. The summed E-state index contributed by atoms with van der Waals surface area (Å²) in [5, 5.41) is 25.3. The second-order valence-electron chi connectivity index (χ2n) is 17.0. The first-order valence-corrected chi connectivity index (χ1v) is 21.6. The highest BCUT2D eigenvalue weighted by Gasteiger charge is 2.51. The summed E-state index contributed by atoms with van der Waals surface area (Å²) in [6.45, 7) is 10.3. The van der Waals surface area contributed by atoms with Crippen molar-refractivity contribution in [2.75, 3.05) is 36.2 Å². The Morgan fingerprint density at radius 2 is 1.72 bits per heavy atom. The number of nitrogens with zero attached hydrogens (tertiary/aromatic N) is 5. The second kappa shape index (κ2) is 19.0. The molecule has 0 spiro atoms. The number of thiazole rings is 1. The molecule has 0 radical (unpaired) electrons. The van der Waals surface area contributed by atoms with Crippen molar-refractivity contribution in [3.8, 4) is 22.3 Å². The van der Waals surface area contributed by atoms with Crippen molar-refractivity contribution in [3.63, 3.8) is 0 Å². The summed E-state index contributed by atoms with van der Waals surface area (Å²) in [4.78, 5) is 63.3. The number of amides is 4. The number of aryl methyl sites for hydroxylation is 1.